The van der Waals surface area contributed by atoms with Crippen molar-refractivity contribution in [3.05, 3.63) is 59.7 Å². The molecule has 8 heteroatoms. The van der Waals surface area contributed by atoms with E-state index >= 15 is 0 Å². The number of nitrogens with zero attached hydrogens (tertiary/aromatic N) is 2. The number of unbranched alkanes of at least 4 members (excludes halogenated alkanes) is 1. The lowest BCUT2D eigenvalue weighted by atomic mass is 9.98. The van der Waals surface area contributed by atoms with E-state index in [4.69, 9.17) is 9.84 Å². The molecule has 34 heavy (non-hydrogen) atoms. The Morgan fingerprint density at radius 3 is 2.15 bits per heavy atom. The molecule has 180 valence electrons. The first-order valence-electron chi connectivity index (χ1n) is 11.8. The summed E-state index contributed by atoms with van der Waals surface area (Å²) in [7, 11) is 0. The van der Waals surface area contributed by atoms with Crippen molar-refractivity contribution in [1.29, 1.82) is 0 Å². The number of aliphatic carboxylic acids is 1. The van der Waals surface area contributed by atoms with Crippen molar-refractivity contribution >= 4 is 18.0 Å². The molecule has 0 spiro atoms. The van der Waals surface area contributed by atoms with Crippen LogP contribution in [0.25, 0.3) is 11.1 Å². The molecule has 2 aromatic rings. The van der Waals surface area contributed by atoms with Gasteiger partial charge in [0.15, 0.2) is 0 Å². The third-order valence-electron chi connectivity index (χ3n) is 6.51. The minimum Gasteiger partial charge on any atom is -0.480 e. The van der Waals surface area contributed by atoms with E-state index < -0.39 is 12.1 Å². The van der Waals surface area contributed by atoms with Crippen LogP contribution >= 0.6 is 0 Å². The second-order valence-corrected chi connectivity index (χ2v) is 8.76. The number of carbonyl (C=O) groups is 3. The van der Waals surface area contributed by atoms with E-state index in [0.29, 0.717) is 52.0 Å². The van der Waals surface area contributed by atoms with Crippen LogP contribution in [0.5, 0.6) is 0 Å². The number of nitrogens with one attached hydrogen (secondary N) is 1. The van der Waals surface area contributed by atoms with Gasteiger partial charge in [-0.15, -0.1) is 0 Å². The van der Waals surface area contributed by atoms with Crippen LogP contribution in [0.1, 0.15) is 36.3 Å². The van der Waals surface area contributed by atoms with E-state index in [2.05, 4.69) is 29.6 Å². The van der Waals surface area contributed by atoms with Crippen molar-refractivity contribution in [2.45, 2.75) is 25.2 Å². The second kappa shape index (κ2) is 11.2. The van der Waals surface area contributed by atoms with Crippen molar-refractivity contribution in [1.82, 2.24) is 15.1 Å². The van der Waals surface area contributed by atoms with E-state index in [9.17, 15) is 14.4 Å². The van der Waals surface area contributed by atoms with Gasteiger partial charge >= 0.3 is 12.1 Å². The highest BCUT2D eigenvalue weighted by atomic mass is 16.5. The van der Waals surface area contributed by atoms with Gasteiger partial charge in [-0.25, -0.2) is 4.79 Å². The molecule has 2 aromatic carbocycles. The topological polar surface area (TPSA) is 99.2 Å². The first-order valence-corrected chi connectivity index (χ1v) is 11.8. The Labute approximate surface area is 199 Å². The number of hydrogen-bond acceptors (Lipinski definition) is 5. The lowest BCUT2D eigenvalue weighted by Gasteiger charge is -2.33. The molecule has 2 amide bonds. The SMILES string of the molecule is O=C(O)CN1CCN(C(=O)CCCCNC(=O)OCC2c3ccccc3-c3ccccc32)CC1. The van der Waals surface area contributed by atoms with Crippen molar-refractivity contribution in [2.75, 3.05) is 45.9 Å². The van der Waals surface area contributed by atoms with Gasteiger partial charge in [0, 0.05) is 45.1 Å². The summed E-state index contributed by atoms with van der Waals surface area (Å²) in [5, 5.41) is 11.6. The molecule has 1 heterocycles. The van der Waals surface area contributed by atoms with Gasteiger partial charge in [-0.3, -0.25) is 14.5 Å². The van der Waals surface area contributed by atoms with Crippen molar-refractivity contribution in [3.63, 3.8) is 0 Å². The summed E-state index contributed by atoms with van der Waals surface area (Å²) < 4.78 is 5.53. The Balaban J connectivity index is 1.13. The molecule has 0 radical (unpaired) electrons. The Bertz CT molecular complexity index is 987. The Kier molecular flexibility index (Phi) is 7.80. The van der Waals surface area contributed by atoms with Crippen LogP contribution in [0.3, 0.4) is 0 Å². The van der Waals surface area contributed by atoms with Crippen LogP contribution in [0.2, 0.25) is 0 Å². The predicted molar refractivity (Wildman–Crippen MR) is 128 cm³/mol. The number of fused-ring (bicyclic) bond motifs is 3. The summed E-state index contributed by atoms with van der Waals surface area (Å²) in [6.45, 7) is 3.04. The number of carboxylic acid groups (broad SMARTS) is 1. The van der Waals surface area contributed by atoms with Gasteiger partial charge in [0.25, 0.3) is 0 Å². The third kappa shape index (κ3) is 5.75. The maximum Gasteiger partial charge on any atom is 0.407 e. The van der Waals surface area contributed by atoms with Crippen LogP contribution in [0.15, 0.2) is 48.5 Å². The fourth-order valence-electron chi connectivity index (χ4n) is 4.75. The zero-order chi connectivity index (χ0) is 23.9. The minimum atomic E-state index is -0.844. The molecule has 0 unspecified atom stereocenters. The number of amides is 2. The maximum atomic E-state index is 12.4. The van der Waals surface area contributed by atoms with Crippen LogP contribution in [-0.4, -0.2) is 78.8 Å². The first-order chi connectivity index (χ1) is 16.5. The van der Waals surface area contributed by atoms with E-state index in [1.54, 1.807) is 4.90 Å². The van der Waals surface area contributed by atoms with Crippen molar-refractivity contribution < 1.29 is 24.2 Å². The van der Waals surface area contributed by atoms with Gasteiger partial charge in [-0.2, -0.15) is 0 Å². The number of carboxylic acids is 1. The largest absolute Gasteiger partial charge is 0.480 e. The number of ether oxygens (including phenoxy) is 1. The summed E-state index contributed by atoms with van der Waals surface area (Å²) in [4.78, 5) is 39.0. The highest BCUT2D eigenvalue weighted by molar-refractivity contribution is 5.79. The number of benzene rings is 2. The monoisotopic (exact) mass is 465 g/mol. The van der Waals surface area contributed by atoms with Crippen LogP contribution < -0.4 is 5.32 Å². The smallest absolute Gasteiger partial charge is 0.407 e. The molecule has 0 atom stereocenters. The molecule has 0 bridgehead atoms. The first kappa shape index (κ1) is 23.8. The van der Waals surface area contributed by atoms with Crippen LogP contribution in [0.4, 0.5) is 4.79 Å². The lowest BCUT2D eigenvalue weighted by Crippen LogP contribution is -2.49. The summed E-state index contributed by atoms with van der Waals surface area (Å²) in [5.41, 5.74) is 4.75. The minimum absolute atomic E-state index is 0.0174. The molecule has 1 fully saturated rings. The zero-order valence-corrected chi connectivity index (χ0v) is 19.2. The van der Waals surface area contributed by atoms with Gasteiger partial charge in [0.1, 0.15) is 6.61 Å². The fraction of sp³-hybridized carbons (Fsp3) is 0.423. The van der Waals surface area contributed by atoms with Gasteiger partial charge in [-0.1, -0.05) is 48.5 Å². The Morgan fingerprint density at radius 2 is 1.53 bits per heavy atom. The lowest BCUT2D eigenvalue weighted by molar-refractivity contribution is -0.139. The second-order valence-electron chi connectivity index (χ2n) is 8.76. The molecular formula is C26H31N3O5. The van der Waals surface area contributed by atoms with Gasteiger partial charge in [0.2, 0.25) is 5.91 Å². The number of hydrogen-bond donors (Lipinski definition) is 2. The number of piperazine rings is 1. The number of rotatable bonds is 9. The molecule has 4 rings (SSSR count). The normalized spacial score (nSPS) is 15.5. The molecule has 0 aromatic heterocycles. The number of carbonyl (C=O) groups excluding carboxylic acids is 2. The summed E-state index contributed by atoms with van der Waals surface area (Å²) in [6, 6.07) is 16.4. The summed E-state index contributed by atoms with van der Waals surface area (Å²) >= 11 is 0. The molecule has 0 saturated carbocycles. The highest BCUT2D eigenvalue weighted by Gasteiger charge is 2.29. The van der Waals surface area contributed by atoms with Crippen LogP contribution in [0, 0.1) is 0 Å². The average Bonchev–Trinajstić information content (AvgIpc) is 3.16. The highest BCUT2D eigenvalue weighted by Crippen LogP contribution is 2.44. The van der Waals surface area contributed by atoms with Crippen molar-refractivity contribution in [2.24, 2.45) is 0 Å². The van der Waals surface area contributed by atoms with Gasteiger partial charge in [-0.05, 0) is 35.1 Å². The van der Waals surface area contributed by atoms with E-state index in [1.165, 1.54) is 22.3 Å². The van der Waals surface area contributed by atoms with Crippen LogP contribution in [-0.2, 0) is 14.3 Å². The standard InChI is InChI=1S/C26H31N3O5/c30-24(29-15-13-28(14-16-29)17-25(31)32)11-5-6-12-27-26(33)34-18-23-21-9-3-1-7-19(21)20-8-2-4-10-22(20)23/h1-4,7-10,23H,5-6,11-18H2,(H,27,33)(H,31,32). The van der Waals surface area contributed by atoms with Gasteiger partial charge in [0.05, 0.1) is 6.54 Å². The van der Waals surface area contributed by atoms with E-state index in [0.717, 1.165) is 0 Å². The molecule has 1 aliphatic heterocycles. The Morgan fingerprint density at radius 1 is 0.912 bits per heavy atom. The zero-order valence-electron chi connectivity index (χ0n) is 19.2. The quantitative estimate of drug-likeness (QED) is 0.553. The molecule has 2 N–H and O–H groups in total. The molecule has 8 nitrogen and oxygen atoms in total. The Hall–Kier alpha value is -3.39. The third-order valence-corrected chi connectivity index (χ3v) is 6.51. The molecule has 2 aliphatic rings. The fourth-order valence-corrected chi connectivity index (χ4v) is 4.75. The van der Waals surface area contributed by atoms with E-state index in [1.807, 2.05) is 29.2 Å². The van der Waals surface area contributed by atoms with E-state index in [-0.39, 0.29) is 25.0 Å². The predicted octanol–water partition coefficient (Wildman–Crippen LogP) is 2.92. The summed E-state index contributed by atoms with van der Waals surface area (Å²) in [5.74, 6) is -0.730. The van der Waals surface area contributed by atoms with Crippen molar-refractivity contribution in [3.8, 4) is 11.1 Å². The number of alkyl carbamates (subject to hydrolysis) is 1. The summed E-state index contributed by atoms with van der Waals surface area (Å²) in [6.07, 6.45) is 1.35. The van der Waals surface area contributed by atoms with Gasteiger partial charge < -0.3 is 20.1 Å². The maximum absolute atomic E-state index is 12.4. The average molecular weight is 466 g/mol. The molecule has 1 aliphatic carbocycles. The molecule has 1 saturated heterocycles. The molecular weight excluding hydrogens is 434 g/mol.